The zero-order chi connectivity index (χ0) is 12.9. The first-order valence-corrected chi connectivity index (χ1v) is 5.81. The van der Waals surface area contributed by atoms with Gasteiger partial charge in [-0.1, -0.05) is 11.6 Å². The fourth-order valence-corrected chi connectivity index (χ4v) is 2.44. The molecule has 3 aromatic rings. The number of aryl methyl sites for hydroxylation is 1. The van der Waals surface area contributed by atoms with Gasteiger partial charge in [-0.15, -0.1) is 0 Å². The Kier molecular flexibility index (Phi) is 2.38. The number of halogens is 2. The predicted molar refractivity (Wildman–Crippen MR) is 70.6 cm³/mol. The lowest BCUT2D eigenvalue weighted by atomic mass is 10.2. The van der Waals surface area contributed by atoms with Crippen LogP contribution >= 0.6 is 11.6 Å². The van der Waals surface area contributed by atoms with Crippen molar-refractivity contribution >= 4 is 39.2 Å². The van der Waals surface area contributed by atoms with Gasteiger partial charge in [-0.25, -0.2) is 14.4 Å². The summed E-state index contributed by atoms with van der Waals surface area (Å²) in [7, 11) is 1.73. The zero-order valence-electron chi connectivity index (χ0n) is 9.81. The lowest BCUT2D eigenvalue weighted by Gasteiger charge is -2.02. The number of rotatable bonds is 1. The Morgan fingerprint density at radius 2 is 2.11 bits per heavy atom. The molecule has 0 unspecified atom stereocenters. The van der Waals surface area contributed by atoms with Crippen LogP contribution < -0.4 is 5.32 Å². The summed E-state index contributed by atoms with van der Waals surface area (Å²) in [6.45, 7) is 1.76. The van der Waals surface area contributed by atoms with E-state index in [9.17, 15) is 4.39 Å². The summed E-state index contributed by atoms with van der Waals surface area (Å²) in [6.07, 6.45) is 0. The van der Waals surface area contributed by atoms with E-state index >= 15 is 0 Å². The molecule has 2 N–H and O–H groups in total. The summed E-state index contributed by atoms with van der Waals surface area (Å²) >= 11 is 6.12. The monoisotopic (exact) mass is 264 g/mol. The smallest absolute Gasteiger partial charge is 0.143 e. The summed E-state index contributed by atoms with van der Waals surface area (Å²) in [5.41, 5.74) is 2.05. The maximum atomic E-state index is 13.6. The molecule has 18 heavy (non-hydrogen) atoms. The number of benzene rings is 1. The highest BCUT2D eigenvalue weighted by Gasteiger charge is 2.14. The number of nitrogens with zero attached hydrogens (tertiary/aromatic N) is 2. The van der Waals surface area contributed by atoms with Crippen LogP contribution in [0.25, 0.3) is 21.9 Å². The summed E-state index contributed by atoms with van der Waals surface area (Å²) < 4.78 is 13.6. The van der Waals surface area contributed by atoms with Gasteiger partial charge in [-0.05, 0) is 19.1 Å². The van der Waals surface area contributed by atoms with Gasteiger partial charge in [-0.2, -0.15) is 0 Å². The van der Waals surface area contributed by atoms with Crippen molar-refractivity contribution < 1.29 is 4.39 Å². The molecule has 2 heterocycles. The molecule has 3 rings (SSSR count). The minimum absolute atomic E-state index is 0.329. The van der Waals surface area contributed by atoms with Crippen molar-refractivity contribution in [1.29, 1.82) is 0 Å². The Balaban J connectivity index is 2.55. The van der Waals surface area contributed by atoms with Crippen LogP contribution in [-0.4, -0.2) is 22.0 Å². The van der Waals surface area contributed by atoms with Crippen LogP contribution in [0, 0.1) is 12.7 Å². The molecule has 0 aliphatic carbocycles. The highest BCUT2D eigenvalue weighted by Crippen LogP contribution is 2.33. The van der Waals surface area contributed by atoms with Gasteiger partial charge >= 0.3 is 0 Å². The predicted octanol–water partition coefficient (Wildman–Crippen LogP) is 3.25. The number of fused-ring (bicyclic) bond motifs is 3. The average molecular weight is 265 g/mol. The van der Waals surface area contributed by atoms with E-state index in [1.165, 1.54) is 12.1 Å². The highest BCUT2D eigenvalue weighted by molar-refractivity contribution is 6.36. The largest absolute Gasteiger partial charge is 0.386 e. The number of hydrogen-bond acceptors (Lipinski definition) is 3. The van der Waals surface area contributed by atoms with E-state index in [1.54, 1.807) is 14.0 Å². The lowest BCUT2D eigenvalue weighted by Crippen LogP contribution is -1.90. The van der Waals surface area contributed by atoms with Crippen LogP contribution in [0.5, 0.6) is 0 Å². The molecule has 0 fully saturated rings. The van der Waals surface area contributed by atoms with Crippen molar-refractivity contribution in [3.8, 4) is 0 Å². The Morgan fingerprint density at radius 3 is 2.83 bits per heavy atom. The molecular formula is C12H10ClFN4. The van der Waals surface area contributed by atoms with Crippen molar-refractivity contribution in [1.82, 2.24) is 15.0 Å². The normalized spacial score (nSPS) is 11.3. The van der Waals surface area contributed by atoms with E-state index in [1.807, 2.05) is 0 Å². The molecule has 0 aliphatic rings. The first kappa shape index (κ1) is 11.2. The molecule has 0 aliphatic heterocycles. The van der Waals surface area contributed by atoms with E-state index in [0.717, 1.165) is 5.52 Å². The van der Waals surface area contributed by atoms with E-state index in [2.05, 4.69) is 20.3 Å². The molecule has 0 bridgehead atoms. The maximum Gasteiger partial charge on any atom is 0.143 e. The van der Waals surface area contributed by atoms with Crippen LogP contribution in [0.4, 0.5) is 10.1 Å². The van der Waals surface area contributed by atoms with Crippen molar-refractivity contribution in [2.75, 3.05) is 12.4 Å². The summed E-state index contributed by atoms with van der Waals surface area (Å²) in [5.74, 6) is 0.245. The number of aromatic nitrogens is 3. The van der Waals surface area contributed by atoms with Gasteiger partial charge in [-0.3, -0.25) is 0 Å². The molecule has 1 aromatic carbocycles. The van der Waals surface area contributed by atoms with Crippen LogP contribution in [-0.2, 0) is 0 Å². The molecule has 92 valence electrons. The fourth-order valence-electron chi connectivity index (χ4n) is 2.12. The van der Waals surface area contributed by atoms with Gasteiger partial charge in [0.15, 0.2) is 0 Å². The van der Waals surface area contributed by atoms with Crippen LogP contribution in [0.1, 0.15) is 5.82 Å². The van der Waals surface area contributed by atoms with E-state index < -0.39 is 0 Å². The van der Waals surface area contributed by atoms with Gasteiger partial charge in [0.05, 0.1) is 16.6 Å². The van der Waals surface area contributed by atoms with Gasteiger partial charge < -0.3 is 10.3 Å². The molecule has 2 aromatic heterocycles. The van der Waals surface area contributed by atoms with Crippen molar-refractivity contribution in [2.45, 2.75) is 6.92 Å². The number of anilines is 1. The first-order chi connectivity index (χ1) is 8.60. The number of H-pyrrole nitrogens is 1. The summed E-state index contributed by atoms with van der Waals surface area (Å²) in [4.78, 5) is 11.5. The van der Waals surface area contributed by atoms with Crippen molar-refractivity contribution in [3.05, 3.63) is 28.9 Å². The van der Waals surface area contributed by atoms with Crippen LogP contribution in [0.3, 0.4) is 0 Å². The van der Waals surface area contributed by atoms with Gasteiger partial charge in [0.2, 0.25) is 0 Å². The molecule has 0 saturated carbocycles. The Hall–Kier alpha value is -1.88. The second kappa shape index (κ2) is 3.81. The van der Waals surface area contributed by atoms with Crippen LogP contribution in [0.2, 0.25) is 5.15 Å². The zero-order valence-corrected chi connectivity index (χ0v) is 10.6. The van der Waals surface area contributed by atoms with E-state index in [4.69, 9.17) is 11.6 Å². The van der Waals surface area contributed by atoms with E-state index in [0.29, 0.717) is 33.1 Å². The van der Waals surface area contributed by atoms with Crippen LogP contribution in [0.15, 0.2) is 12.1 Å². The molecule has 0 spiro atoms. The van der Waals surface area contributed by atoms with E-state index in [-0.39, 0.29) is 5.82 Å². The molecule has 0 atom stereocenters. The Morgan fingerprint density at radius 1 is 1.33 bits per heavy atom. The molecule has 4 nitrogen and oxygen atoms in total. The highest BCUT2D eigenvalue weighted by atomic mass is 35.5. The average Bonchev–Trinajstić information content (AvgIpc) is 2.65. The molecular weight excluding hydrogens is 255 g/mol. The Bertz CT molecular complexity index is 766. The van der Waals surface area contributed by atoms with Crippen molar-refractivity contribution in [2.24, 2.45) is 0 Å². The minimum Gasteiger partial charge on any atom is -0.386 e. The third-order valence-corrected chi connectivity index (χ3v) is 3.14. The van der Waals surface area contributed by atoms with Gasteiger partial charge in [0.1, 0.15) is 22.4 Å². The molecule has 0 amide bonds. The molecule has 0 saturated heterocycles. The first-order valence-electron chi connectivity index (χ1n) is 5.43. The maximum absolute atomic E-state index is 13.6. The number of nitrogens with one attached hydrogen (secondary N) is 2. The van der Waals surface area contributed by atoms with Gasteiger partial charge in [0.25, 0.3) is 0 Å². The topological polar surface area (TPSA) is 53.6 Å². The fraction of sp³-hybridized carbons (Fsp3) is 0.167. The summed E-state index contributed by atoms with van der Waals surface area (Å²) in [6, 6.07) is 2.85. The second-order valence-electron chi connectivity index (χ2n) is 4.04. The van der Waals surface area contributed by atoms with Crippen molar-refractivity contribution in [3.63, 3.8) is 0 Å². The van der Waals surface area contributed by atoms with Gasteiger partial charge in [0, 0.05) is 12.4 Å². The molecule has 6 heteroatoms. The number of aromatic amines is 1. The third kappa shape index (κ3) is 1.51. The molecule has 0 radical (unpaired) electrons. The standard InChI is InChI=1S/C12H10ClFN4/c1-5-16-11(13)9-7-3-6(14)4-8(15-2)10(7)18-12(9)17-5/h3-4,15H,1-2H3,(H,16,17,18). The number of hydrogen-bond donors (Lipinski definition) is 2. The summed E-state index contributed by atoms with van der Waals surface area (Å²) in [5, 5.41) is 4.60. The third-order valence-electron chi connectivity index (χ3n) is 2.86. The minimum atomic E-state index is -0.329. The SMILES string of the molecule is CNc1cc(F)cc2c1[nH]c1nc(C)nc(Cl)c12. The quantitative estimate of drug-likeness (QED) is 0.664. The Labute approximate surface area is 107 Å². The second-order valence-corrected chi connectivity index (χ2v) is 4.39. The lowest BCUT2D eigenvalue weighted by molar-refractivity contribution is 0.630.